The van der Waals surface area contributed by atoms with Crippen molar-refractivity contribution >= 4 is 33.4 Å². The van der Waals surface area contributed by atoms with Gasteiger partial charge < -0.3 is 5.32 Å². The number of rotatable bonds is 5. The Hall–Kier alpha value is -2.00. The number of anilines is 1. The number of carbonyl (C=O) groups excluding carboxylic acids is 1. The molecule has 0 aliphatic carbocycles. The van der Waals surface area contributed by atoms with Gasteiger partial charge in [0.15, 0.2) is 0 Å². The van der Waals surface area contributed by atoms with Crippen LogP contribution >= 0.6 is 11.6 Å². The average Bonchev–Trinajstić information content (AvgIpc) is 2.62. The van der Waals surface area contributed by atoms with Crippen molar-refractivity contribution in [2.24, 2.45) is 0 Å². The van der Waals surface area contributed by atoms with E-state index in [1.54, 1.807) is 24.3 Å². The summed E-state index contributed by atoms with van der Waals surface area (Å²) in [6.45, 7) is 0.471. The van der Waals surface area contributed by atoms with Crippen molar-refractivity contribution in [2.45, 2.75) is 13.0 Å². The highest BCUT2D eigenvalue weighted by Gasteiger charge is 2.34. The van der Waals surface area contributed by atoms with Crippen molar-refractivity contribution in [3.05, 3.63) is 64.9 Å². The molecule has 0 atom stereocenters. The molecule has 9 heteroatoms. The van der Waals surface area contributed by atoms with E-state index in [2.05, 4.69) is 5.32 Å². The highest BCUT2D eigenvalue weighted by atomic mass is 35.5. The summed E-state index contributed by atoms with van der Waals surface area (Å²) in [6.07, 6.45) is 0.605. The Labute approximate surface area is 162 Å². The van der Waals surface area contributed by atoms with E-state index in [0.717, 1.165) is 4.31 Å². The molecule has 3 rings (SSSR count). The summed E-state index contributed by atoms with van der Waals surface area (Å²) in [5.41, 5.74) is 1.11. The van der Waals surface area contributed by atoms with E-state index in [-0.39, 0.29) is 19.6 Å². The van der Waals surface area contributed by atoms with Crippen LogP contribution in [0, 0.1) is 5.82 Å². The predicted octanol–water partition coefficient (Wildman–Crippen LogP) is 2.87. The molecule has 6 nitrogen and oxygen atoms in total. The average molecular weight is 412 g/mol. The number of hydrogen-bond acceptors (Lipinski definition) is 3. The number of amides is 1. The van der Waals surface area contributed by atoms with Crippen LogP contribution in [0.25, 0.3) is 0 Å². The molecule has 1 fully saturated rings. The molecule has 1 heterocycles. The first-order valence-electron chi connectivity index (χ1n) is 8.40. The van der Waals surface area contributed by atoms with Gasteiger partial charge in [0.25, 0.3) is 10.2 Å². The standard InChI is InChI=1S/C18H19ClFN3O3S/c19-17-5-2-1-4-14(17)12-22-10-3-11-23(27(22,25)26)13-18(24)21-16-8-6-15(20)7-9-16/h1-2,4-9H,3,10-13H2,(H,21,24). The first-order chi connectivity index (χ1) is 12.9. The lowest BCUT2D eigenvalue weighted by Crippen LogP contribution is -2.51. The van der Waals surface area contributed by atoms with Gasteiger partial charge in [-0.1, -0.05) is 29.8 Å². The van der Waals surface area contributed by atoms with Crippen LogP contribution in [0.3, 0.4) is 0 Å². The third-order valence-electron chi connectivity index (χ3n) is 4.22. The molecule has 1 saturated heterocycles. The van der Waals surface area contributed by atoms with Gasteiger partial charge in [-0.2, -0.15) is 17.0 Å². The topological polar surface area (TPSA) is 69.7 Å². The van der Waals surface area contributed by atoms with Crippen molar-refractivity contribution < 1.29 is 17.6 Å². The van der Waals surface area contributed by atoms with E-state index < -0.39 is 21.9 Å². The van der Waals surface area contributed by atoms with Crippen molar-refractivity contribution in [3.63, 3.8) is 0 Å². The van der Waals surface area contributed by atoms with Gasteiger partial charge in [0.05, 0.1) is 6.54 Å². The van der Waals surface area contributed by atoms with Crippen LogP contribution in [0.2, 0.25) is 5.02 Å². The maximum Gasteiger partial charge on any atom is 0.282 e. The minimum absolute atomic E-state index is 0.151. The zero-order valence-electron chi connectivity index (χ0n) is 14.4. The molecule has 0 aromatic heterocycles. The van der Waals surface area contributed by atoms with Gasteiger partial charge in [-0.25, -0.2) is 4.39 Å². The molecular weight excluding hydrogens is 393 g/mol. The second-order valence-corrected chi connectivity index (χ2v) is 8.51. The lowest BCUT2D eigenvalue weighted by molar-refractivity contribution is -0.116. The molecule has 1 amide bonds. The molecule has 1 N–H and O–H groups in total. The maximum atomic E-state index is 12.9. The number of nitrogens with zero attached hydrogens (tertiary/aromatic N) is 2. The van der Waals surface area contributed by atoms with Gasteiger partial charge in [-0.15, -0.1) is 0 Å². The lowest BCUT2D eigenvalue weighted by Gasteiger charge is -2.34. The minimum atomic E-state index is -3.79. The molecule has 0 bridgehead atoms. The molecule has 0 spiro atoms. The lowest BCUT2D eigenvalue weighted by atomic mass is 10.2. The smallest absolute Gasteiger partial charge is 0.282 e. The first kappa shape index (κ1) is 19.8. The summed E-state index contributed by atoms with van der Waals surface area (Å²) in [4.78, 5) is 12.2. The normalized spacial score (nSPS) is 17.6. The van der Waals surface area contributed by atoms with Crippen LogP contribution in [0.1, 0.15) is 12.0 Å². The van der Waals surface area contributed by atoms with Gasteiger partial charge in [0, 0.05) is 30.3 Å². The molecule has 0 radical (unpaired) electrons. The third kappa shape index (κ3) is 4.84. The zero-order valence-corrected chi connectivity index (χ0v) is 16.0. The van der Waals surface area contributed by atoms with E-state index in [9.17, 15) is 17.6 Å². The highest BCUT2D eigenvalue weighted by molar-refractivity contribution is 7.86. The highest BCUT2D eigenvalue weighted by Crippen LogP contribution is 2.23. The quantitative estimate of drug-likeness (QED) is 0.822. The Bertz CT molecular complexity index is 922. The summed E-state index contributed by atoms with van der Waals surface area (Å²) in [5, 5.41) is 3.08. The number of nitrogens with one attached hydrogen (secondary N) is 1. The predicted molar refractivity (Wildman–Crippen MR) is 102 cm³/mol. The fourth-order valence-electron chi connectivity index (χ4n) is 2.85. The van der Waals surface area contributed by atoms with Crippen LogP contribution in [0.5, 0.6) is 0 Å². The molecule has 27 heavy (non-hydrogen) atoms. The van der Waals surface area contributed by atoms with E-state index in [4.69, 9.17) is 11.6 Å². The van der Waals surface area contributed by atoms with Gasteiger partial charge in [-0.05, 0) is 42.3 Å². The molecule has 144 valence electrons. The monoisotopic (exact) mass is 411 g/mol. The number of benzene rings is 2. The van der Waals surface area contributed by atoms with Crippen molar-refractivity contribution in [1.29, 1.82) is 0 Å². The SMILES string of the molecule is O=C(CN1CCCN(Cc2ccccc2Cl)S1(=O)=O)Nc1ccc(F)cc1. The Kier molecular flexibility index (Phi) is 6.11. The summed E-state index contributed by atoms with van der Waals surface area (Å²) < 4.78 is 41.1. The fourth-order valence-corrected chi connectivity index (χ4v) is 4.67. The molecule has 2 aromatic rings. The van der Waals surface area contributed by atoms with Crippen molar-refractivity contribution in [1.82, 2.24) is 8.61 Å². The second-order valence-electron chi connectivity index (χ2n) is 6.17. The van der Waals surface area contributed by atoms with Crippen LogP contribution < -0.4 is 5.32 Å². The van der Waals surface area contributed by atoms with Crippen LogP contribution in [0.15, 0.2) is 48.5 Å². The maximum absolute atomic E-state index is 12.9. The van der Waals surface area contributed by atoms with Gasteiger partial charge in [0.1, 0.15) is 5.82 Å². The molecular formula is C18H19ClFN3O3S. The Morgan fingerprint density at radius 2 is 1.74 bits per heavy atom. The molecule has 1 aliphatic heterocycles. The van der Waals surface area contributed by atoms with Gasteiger partial charge in [0.2, 0.25) is 5.91 Å². The Morgan fingerprint density at radius 1 is 1.07 bits per heavy atom. The summed E-state index contributed by atoms with van der Waals surface area (Å²) in [7, 11) is -3.79. The Balaban J connectivity index is 1.67. The molecule has 1 aliphatic rings. The molecule has 0 saturated carbocycles. The van der Waals surface area contributed by atoms with E-state index in [1.807, 2.05) is 0 Å². The second kappa shape index (κ2) is 8.35. The number of carbonyl (C=O) groups is 1. The van der Waals surface area contributed by atoms with Crippen LogP contribution in [-0.2, 0) is 21.5 Å². The van der Waals surface area contributed by atoms with Crippen LogP contribution in [0.4, 0.5) is 10.1 Å². The number of hydrogen-bond donors (Lipinski definition) is 1. The van der Waals surface area contributed by atoms with Crippen molar-refractivity contribution in [3.8, 4) is 0 Å². The molecule has 2 aromatic carbocycles. The molecule has 0 unspecified atom stereocenters. The largest absolute Gasteiger partial charge is 0.325 e. The minimum Gasteiger partial charge on any atom is -0.325 e. The fraction of sp³-hybridized carbons (Fsp3) is 0.278. The van der Waals surface area contributed by atoms with Gasteiger partial charge in [-0.3, -0.25) is 4.79 Å². The van der Waals surface area contributed by atoms with Crippen molar-refractivity contribution in [2.75, 3.05) is 25.0 Å². The van der Waals surface area contributed by atoms with E-state index in [0.29, 0.717) is 29.2 Å². The summed E-state index contributed by atoms with van der Waals surface area (Å²) >= 11 is 6.13. The van der Waals surface area contributed by atoms with E-state index >= 15 is 0 Å². The Morgan fingerprint density at radius 3 is 2.44 bits per heavy atom. The van der Waals surface area contributed by atoms with E-state index in [1.165, 1.54) is 28.6 Å². The van der Waals surface area contributed by atoms with Crippen LogP contribution in [-0.4, -0.2) is 42.6 Å². The number of halogens is 2. The van der Waals surface area contributed by atoms with Gasteiger partial charge >= 0.3 is 0 Å². The first-order valence-corrected chi connectivity index (χ1v) is 10.2. The summed E-state index contributed by atoms with van der Waals surface area (Å²) in [5.74, 6) is -0.897. The third-order valence-corrected chi connectivity index (χ3v) is 6.52. The summed E-state index contributed by atoms with van der Waals surface area (Å²) in [6, 6.07) is 12.3. The zero-order chi connectivity index (χ0) is 19.4.